The van der Waals surface area contributed by atoms with Crippen molar-refractivity contribution < 1.29 is 14.7 Å². The Balaban J connectivity index is 2.19. The average molecular weight is 289 g/mol. The number of hydrogen-bond acceptors (Lipinski definition) is 3. The van der Waals surface area contributed by atoms with Crippen LogP contribution in [0, 0.1) is 0 Å². The van der Waals surface area contributed by atoms with Crippen molar-refractivity contribution in [1.29, 1.82) is 0 Å². The summed E-state index contributed by atoms with van der Waals surface area (Å²) in [7, 11) is 0. The Kier molecular flexibility index (Phi) is 3.97. The van der Waals surface area contributed by atoms with Crippen molar-refractivity contribution in [1.82, 2.24) is 14.3 Å². The van der Waals surface area contributed by atoms with Gasteiger partial charge in [0.1, 0.15) is 12.2 Å². The van der Waals surface area contributed by atoms with Gasteiger partial charge in [-0.25, -0.2) is 4.98 Å². The molecule has 0 saturated carbocycles. The fraction of sp³-hybridized carbons (Fsp3) is 0.400. The Hall–Kier alpha value is -2.37. The van der Waals surface area contributed by atoms with E-state index in [4.69, 9.17) is 5.11 Å². The van der Waals surface area contributed by atoms with Crippen LogP contribution in [0.1, 0.15) is 26.5 Å². The van der Waals surface area contributed by atoms with Gasteiger partial charge in [-0.1, -0.05) is 6.07 Å². The minimum absolute atomic E-state index is 0.0895. The van der Waals surface area contributed by atoms with Gasteiger partial charge in [-0.15, -0.1) is 0 Å². The molecule has 0 aliphatic rings. The normalized spacial score (nSPS) is 11.6. The maximum atomic E-state index is 12.4. The van der Waals surface area contributed by atoms with Crippen LogP contribution in [0.25, 0.3) is 5.65 Å². The summed E-state index contributed by atoms with van der Waals surface area (Å²) in [6, 6.07) is 5.61. The third-order valence-corrected chi connectivity index (χ3v) is 3.15. The summed E-state index contributed by atoms with van der Waals surface area (Å²) in [5.74, 6) is -1.26. The number of fused-ring (bicyclic) bond motifs is 1. The maximum absolute atomic E-state index is 12.4. The summed E-state index contributed by atoms with van der Waals surface area (Å²) < 4.78 is 1.83. The second kappa shape index (κ2) is 5.55. The first-order valence-electron chi connectivity index (χ1n) is 6.72. The van der Waals surface area contributed by atoms with Crippen molar-refractivity contribution in [2.75, 3.05) is 6.54 Å². The Morgan fingerprint density at radius 3 is 2.62 bits per heavy atom. The maximum Gasteiger partial charge on any atom is 0.323 e. The van der Waals surface area contributed by atoms with Crippen molar-refractivity contribution in [2.24, 2.45) is 0 Å². The number of hydrogen-bond donors (Lipinski definition) is 1. The van der Waals surface area contributed by atoms with Crippen LogP contribution < -0.4 is 0 Å². The molecule has 21 heavy (non-hydrogen) atoms. The quantitative estimate of drug-likeness (QED) is 0.927. The monoisotopic (exact) mass is 289 g/mol. The second-order valence-corrected chi connectivity index (χ2v) is 5.92. The highest BCUT2D eigenvalue weighted by atomic mass is 16.4. The molecule has 2 heterocycles. The number of nitrogens with zero attached hydrogens (tertiary/aromatic N) is 3. The highest BCUT2D eigenvalue weighted by molar-refractivity contribution is 5.83. The highest BCUT2D eigenvalue weighted by Crippen LogP contribution is 2.15. The number of carboxylic acid groups (broad SMARTS) is 1. The molecule has 0 aliphatic carbocycles. The van der Waals surface area contributed by atoms with E-state index < -0.39 is 11.5 Å². The van der Waals surface area contributed by atoms with E-state index in [-0.39, 0.29) is 18.9 Å². The van der Waals surface area contributed by atoms with Gasteiger partial charge in [0, 0.05) is 17.9 Å². The zero-order chi connectivity index (χ0) is 15.6. The second-order valence-electron chi connectivity index (χ2n) is 5.92. The lowest BCUT2D eigenvalue weighted by molar-refractivity contribution is -0.147. The van der Waals surface area contributed by atoms with Crippen molar-refractivity contribution in [3.05, 3.63) is 36.3 Å². The summed E-state index contributed by atoms with van der Waals surface area (Å²) in [6.45, 7) is 5.14. The molecule has 1 N–H and O–H groups in total. The largest absolute Gasteiger partial charge is 0.480 e. The SMILES string of the molecule is CC(C)(C)N(CC(=O)O)C(=O)Cc1cn2ccccc2n1. The molecule has 2 aromatic rings. The Bertz CT molecular complexity index is 637. The minimum atomic E-state index is -1.02. The molecule has 0 aromatic carbocycles. The van der Waals surface area contributed by atoms with Gasteiger partial charge in [-0.2, -0.15) is 0 Å². The number of rotatable bonds is 4. The molecule has 0 bridgehead atoms. The van der Waals surface area contributed by atoms with Crippen molar-refractivity contribution >= 4 is 17.5 Å². The fourth-order valence-electron chi connectivity index (χ4n) is 2.16. The summed E-state index contributed by atoms with van der Waals surface area (Å²) in [4.78, 5) is 29.1. The molecular weight excluding hydrogens is 270 g/mol. The predicted octanol–water partition coefficient (Wildman–Crippen LogP) is 1.59. The van der Waals surface area contributed by atoms with E-state index in [2.05, 4.69) is 4.98 Å². The zero-order valence-corrected chi connectivity index (χ0v) is 12.4. The van der Waals surface area contributed by atoms with Gasteiger partial charge in [0.2, 0.25) is 5.91 Å². The number of carbonyl (C=O) groups excluding carboxylic acids is 1. The molecule has 0 radical (unpaired) electrons. The lowest BCUT2D eigenvalue weighted by Crippen LogP contribution is -2.48. The summed E-state index contributed by atoms with van der Waals surface area (Å²) in [5.41, 5.74) is 0.848. The molecule has 1 amide bonds. The molecule has 0 aliphatic heterocycles. The number of carboxylic acids is 1. The van der Waals surface area contributed by atoms with Gasteiger partial charge in [-0.05, 0) is 32.9 Å². The van der Waals surface area contributed by atoms with Crippen molar-refractivity contribution in [2.45, 2.75) is 32.7 Å². The third-order valence-electron chi connectivity index (χ3n) is 3.15. The molecule has 6 heteroatoms. The van der Waals surface area contributed by atoms with Gasteiger partial charge in [-0.3, -0.25) is 9.59 Å². The molecule has 2 aromatic heterocycles. The Morgan fingerprint density at radius 2 is 2.05 bits per heavy atom. The fourth-order valence-corrected chi connectivity index (χ4v) is 2.16. The predicted molar refractivity (Wildman–Crippen MR) is 78.0 cm³/mol. The van der Waals surface area contributed by atoms with Crippen molar-refractivity contribution in [3.63, 3.8) is 0 Å². The number of aromatic nitrogens is 2. The summed E-state index contributed by atoms with van der Waals surface area (Å²) >= 11 is 0. The topological polar surface area (TPSA) is 74.9 Å². The number of pyridine rings is 1. The Labute approximate surface area is 123 Å². The van der Waals surface area contributed by atoms with Crippen LogP contribution in [-0.4, -0.2) is 43.4 Å². The molecule has 0 saturated heterocycles. The minimum Gasteiger partial charge on any atom is -0.480 e. The smallest absolute Gasteiger partial charge is 0.323 e. The van der Waals surface area contributed by atoms with E-state index >= 15 is 0 Å². The summed E-state index contributed by atoms with van der Waals surface area (Å²) in [6.07, 6.45) is 3.73. The van der Waals surface area contributed by atoms with Crippen LogP contribution >= 0.6 is 0 Å². The average Bonchev–Trinajstić information content (AvgIpc) is 2.76. The van der Waals surface area contributed by atoms with Crippen LogP contribution in [0.2, 0.25) is 0 Å². The van der Waals surface area contributed by atoms with Gasteiger partial charge < -0.3 is 14.4 Å². The first kappa shape index (κ1) is 15.0. The summed E-state index contributed by atoms with van der Waals surface area (Å²) in [5, 5.41) is 8.96. The molecule has 6 nitrogen and oxygen atoms in total. The number of carbonyl (C=O) groups is 2. The molecule has 112 valence electrons. The van der Waals surface area contributed by atoms with E-state index in [1.54, 1.807) is 6.20 Å². The van der Waals surface area contributed by atoms with Crippen LogP contribution in [0.15, 0.2) is 30.6 Å². The Morgan fingerprint density at radius 1 is 1.33 bits per heavy atom. The van der Waals surface area contributed by atoms with Gasteiger partial charge in [0.05, 0.1) is 12.1 Å². The molecule has 0 atom stereocenters. The lowest BCUT2D eigenvalue weighted by Gasteiger charge is -2.34. The van der Waals surface area contributed by atoms with E-state index in [9.17, 15) is 9.59 Å². The standard InChI is InChI=1S/C15H19N3O3/c1-15(2,3)18(10-14(20)21)13(19)8-11-9-17-7-5-4-6-12(17)16-11/h4-7,9H,8,10H2,1-3H3,(H,20,21). The van der Waals surface area contributed by atoms with Gasteiger partial charge in [0.25, 0.3) is 0 Å². The first-order valence-corrected chi connectivity index (χ1v) is 6.72. The van der Waals surface area contributed by atoms with E-state index in [0.29, 0.717) is 5.69 Å². The first-order chi connectivity index (χ1) is 9.77. The number of amides is 1. The number of aliphatic carboxylic acids is 1. The van der Waals surface area contributed by atoms with Gasteiger partial charge >= 0.3 is 5.97 Å². The lowest BCUT2D eigenvalue weighted by atomic mass is 10.1. The highest BCUT2D eigenvalue weighted by Gasteiger charge is 2.28. The third kappa shape index (κ3) is 3.59. The molecule has 0 unspecified atom stereocenters. The van der Waals surface area contributed by atoms with E-state index in [1.165, 1.54) is 4.90 Å². The van der Waals surface area contributed by atoms with Crippen LogP contribution in [0.4, 0.5) is 0 Å². The van der Waals surface area contributed by atoms with Crippen LogP contribution in [0.5, 0.6) is 0 Å². The van der Waals surface area contributed by atoms with E-state index in [0.717, 1.165) is 5.65 Å². The molecule has 2 rings (SSSR count). The van der Waals surface area contributed by atoms with Crippen molar-refractivity contribution in [3.8, 4) is 0 Å². The van der Waals surface area contributed by atoms with Crippen LogP contribution in [0.3, 0.4) is 0 Å². The van der Waals surface area contributed by atoms with Gasteiger partial charge in [0.15, 0.2) is 0 Å². The molecular formula is C15H19N3O3. The van der Waals surface area contributed by atoms with E-state index in [1.807, 2.05) is 49.6 Å². The molecule has 0 spiro atoms. The molecule has 0 fully saturated rings. The van der Waals surface area contributed by atoms with Crippen LogP contribution in [-0.2, 0) is 16.0 Å². The number of imidazole rings is 1. The zero-order valence-electron chi connectivity index (χ0n) is 12.4.